The summed E-state index contributed by atoms with van der Waals surface area (Å²) < 4.78 is 26.9. The van der Waals surface area contributed by atoms with Crippen molar-refractivity contribution in [3.05, 3.63) is 58.6 Å². The molecule has 0 atom stereocenters. The maximum absolute atomic E-state index is 12.3. The van der Waals surface area contributed by atoms with Crippen molar-refractivity contribution in [2.75, 3.05) is 10.1 Å². The van der Waals surface area contributed by atoms with E-state index >= 15 is 0 Å². The Hall–Kier alpha value is -2.65. The van der Waals surface area contributed by atoms with Crippen LogP contribution >= 0.6 is 0 Å². The number of anilines is 2. The summed E-state index contributed by atoms with van der Waals surface area (Å²) in [5.74, 6) is 5.18. The molecule has 0 radical (unpaired) electrons. The second kappa shape index (κ2) is 5.77. The maximum atomic E-state index is 12.3. The third kappa shape index (κ3) is 3.09. The summed E-state index contributed by atoms with van der Waals surface area (Å²) in [6.07, 6.45) is 0. The number of rotatable bonds is 5. The van der Waals surface area contributed by atoms with Gasteiger partial charge in [0.25, 0.3) is 10.0 Å². The van der Waals surface area contributed by atoms with Crippen LogP contribution in [-0.2, 0) is 10.0 Å². The largest absolute Gasteiger partial charge is 0.318 e. The second-order valence-corrected chi connectivity index (χ2v) is 5.68. The Bertz CT molecular complexity index is 762. The van der Waals surface area contributed by atoms with E-state index in [0.29, 0.717) is 5.69 Å². The van der Waals surface area contributed by atoms with Gasteiger partial charge in [-0.05, 0) is 24.3 Å². The van der Waals surface area contributed by atoms with Crippen LogP contribution in [0.4, 0.5) is 17.1 Å². The fourth-order valence-corrected chi connectivity index (χ4v) is 3.01. The lowest BCUT2D eigenvalue weighted by molar-refractivity contribution is -0.386. The van der Waals surface area contributed by atoms with E-state index in [-0.39, 0.29) is 5.69 Å². The molecule has 8 nitrogen and oxygen atoms in total. The SMILES string of the molecule is NNc1cccc(S(=O)(=O)Nc2ccccc2)c1[N+](=O)[O-]. The fraction of sp³-hybridized carbons (Fsp3) is 0. The first-order valence-corrected chi connectivity index (χ1v) is 7.26. The number of nitro groups is 1. The third-order valence-electron chi connectivity index (χ3n) is 2.65. The number of nitrogens with zero attached hydrogens (tertiary/aromatic N) is 1. The zero-order valence-electron chi connectivity index (χ0n) is 10.7. The minimum Gasteiger partial charge on any atom is -0.318 e. The van der Waals surface area contributed by atoms with Crippen LogP contribution in [0.3, 0.4) is 0 Å². The number of sulfonamides is 1. The number of nitrogens with two attached hydrogens (primary N) is 1. The average molecular weight is 308 g/mol. The average Bonchev–Trinajstić information content (AvgIpc) is 2.46. The van der Waals surface area contributed by atoms with Crippen LogP contribution in [0.1, 0.15) is 0 Å². The highest BCUT2D eigenvalue weighted by molar-refractivity contribution is 7.92. The van der Waals surface area contributed by atoms with Gasteiger partial charge in [-0.25, -0.2) is 8.42 Å². The molecular formula is C12H12N4O4S. The van der Waals surface area contributed by atoms with Gasteiger partial charge in [-0.1, -0.05) is 24.3 Å². The van der Waals surface area contributed by atoms with Crippen LogP contribution in [0, 0.1) is 10.1 Å². The van der Waals surface area contributed by atoms with Crippen molar-refractivity contribution < 1.29 is 13.3 Å². The Morgan fingerprint density at radius 1 is 1.05 bits per heavy atom. The lowest BCUT2D eigenvalue weighted by atomic mass is 10.3. The van der Waals surface area contributed by atoms with Gasteiger partial charge in [0.2, 0.25) is 0 Å². The molecule has 2 aromatic carbocycles. The number of para-hydroxylation sites is 2. The van der Waals surface area contributed by atoms with Gasteiger partial charge in [0, 0.05) is 5.69 Å². The monoisotopic (exact) mass is 308 g/mol. The van der Waals surface area contributed by atoms with Crippen molar-refractivity contribution in [1.29, 1.82) is 0 Å². The van der Waals surface area contributed by atoms with Crippen LogP contribution in [-0.4, -0.2) is 13.3 Å². The number of nitrogens with one attached hydrogen (secondary N) is 2. The van der Waals surface area contributed by atoms with Crippen molar-refractivity contribution in [3.8, 4) is 0 Å². The molecule has 0 saturated carbocycles. The quantitative estimate of drug-likeness (QED) is 0.438. The summed E-state index contributed by atoms with van der Waals surface area (Å²) in [6.45, 7) is 0. The van der Waals surface area contributed by atoms with Crippen LogP contribution < -0.4 is 16.0 Å². The highest BCUT2D eigenvalue weighted by atomic mass is 32.2. The first kappa shape index (κ1) is 14.8. The lowest BCUT2D eigenvalue weighted by Crippen LogP contribution is -2.17. The van der Waals surface area contributed by atoms with Gasteiger partial charge in [-0.15, -0.1) is 0 Å². The Balaban J connectivity index is 2.52. The molecule has 4 N–H and O–H groups in total. The van der Waals surface area contributed by atoms with Crippen molar-refractivity contribution in [2.24, 2.45) is 5.84 Å². The van der Waals surface area contributed by atoms with Crippen molar-refractivity contribution in [2.45, 2.75) is 4.90 Å². The van der Waals surface area contributed by atoms with E-state index in [4.69, 9.17) is 5.84 Å². The smallest absolute Gasteiger partial charge is 0.314 e. The van der Waals surface area contributed by atoms with Gasteiger partial charge >= 0.3 is 5.69 Å². The van der Waals surface area contributed by atoms with Gasteiger partial charge < -0.3 is 5.43 Å². The van der Waals surface area contributed by atoms with Gasteiger partial charge in [-0.2, -0.15) is 0 Å². The van der Waals surface area contributed by atoms with Crippen molar-refractivity contribution >= 4 is 27.1 Å². The molecular weight excluding hydrogens is 296 g/mol. The summed E-state index contributed by atoms with van der Waals surface area (Å²) in [4.78, 5) is 9.86. The summed E-state index contributed by atoms with van der Waals surface area (Å²) in [7, 11) is -4.11. The summed E-state index contributed by atoms with van der Waals surface area (Å²) >= 11 is 0. The minimum absolute atomic E-state index is 0.0871. The summed E-state index contributed by atoms with van der Waals surface area (Å²) in [5.41, 5.74) is 1.73. The molecule has 0 bridgehead atoms. The van der Waals surface area contributed by atoms with Crippen LogP contribution in [0.25, 0.3) is 0 Å². The zero-order valence-corrected chi connectivity index (χ0v) is 11.5. The van der Waals surface area contributed by atoms with Gasteiger partial charge in [-0.3, -0.25) is 20.7 Å². The Morgan fingerprint density at radius 2 is 1.71 bits per heavy atom. The number of hydrogen-bond donors (Lipinski definition) is 3. The van der Waals surface area contributed by atoms with Crippen LogP contribution in [0.15, 0.2) is 53.4 Å². The van der Waals surface area contributed by atoms with Crippen molar-refractivity contribution in [1.82, 2.24) is 0 Å². The topological polar surface area (TPSA) is 127 Å². The number of nitrogen functional groups attached to an aromatic ring is 1. The normalized spacial score (nSPS) is 10.9. The van der Waals surface area contributed by atoms with E-state index < -0.39 is 25.5 Å². The second-order valence-electron chi connectivity index (χ2n) is 4.03. The van der Waals surface area contributed by atoms with Gasteiger partial charge in [0.1, 0.15) is 5.69 Å². The molecule has 21 heavy (non-hydrogen) atoms. The summed E-state index contributed by atoms with van der Waals surface area (Å²) in [5, 5.41) is 11.1. The third-order valence-corrected chi connectivity index (χ3v) is 4.07. The molecule has 0 amide bonds. The fourth-order valence-electron chi connectivity index (χ4n) is 1.76. The van der Waals surface area contributed by atoms with E-state index in [1.165, 1.54) is 24.3 Å². The van der Waals surface area contributed by atoms with Gasteiger partial charge in [0.05, 0.1) is 4.92 Å². The van der Waals surface area contributed by atoms with Gasteiger partial charge in [0.15, 0.2) is 4.90 Å². The summed E-state index contributed by atoms with van der Waals surface area (Å²) in [6, 6.07) is 11.9. The Morgan fingerprint density at radius 3 is 2.29 bits per heavy atom. The van der Waals surface area contributed by atoms with E-state index in [9.17, 15) is 18.5 Å². The molecule has 2 rings (SSSR count). The molecule has 0 unspecified atom stereocenters. The number of nitro benzene ring substituents is 1. The number of hydrogen-bond acceptors (Lipinski definition) is 6. The first-order valence-electron chi connectivity index (χ1n) is 5.77. The molecule has 110 valence electrons. The molecule has 0 aliphatic rings. The molecule has 0 heterocycles. The predicted octanol–water partition coefficient (Wildman–Crippen LogP) is 1.68. The van der Waals surface area contributed by atoms with Crippen LogP contribution in [0.5, 0.6) is 0 Å². The first-order chi connectivity index (χ1) is 9.95. The maximum Gasteiger partial charge on any atom is 0.314 e. The minimum atomic E-state index is -4.11. The molecule has 0 aliphatic carbocycles. The molecule has 2 aromatic rings. The van der Waals surface area contributed by atoms with Crippen molar-refractivity contribution in [3.63, 3.8) is 0 Å². The lowest BCUT2D eigenvalue weighted by Gasteiger charge is -2.10. The number of benzene rings is 2. The standard InChI is InChI=1S/C12H12N4O4S/c13-14-10-7-4-8-11(12(10)16(17)18)21(19,20)15-9-5-2-1-3-6-9/h1-8,14-15H,13H2. The van der Waals surface area contributed by atoms with E-state index in [1.807, 2.05) is 0 Å². The highest BCUT2D eigenvalue weighted by Crippen LogP contribution is 2.32. The molecule has 0 saturated heterocycles. The number of hydrazine groups is 1. The zero-order chi connectivity index (χ0) is 15.5. The Kier molecular flexibility index (Phi) is 4.05. The molecule has 9 heteroatoms. The molecule has 0 fully saturated rings. The predicted molar refractivity (Wildman–Crippen MR) is 78.2 cm³/mol. The molecule has 0 aliphatic heterocycles. The Labute approximate surface area is 120 Å². The highest BCUT2D eigenvalue weighted by Gasteiger charge is 2.28. The van der Waals surface area contributed by atoms with E-state index in [2.05, 4.69) is 10.1 Å². The van der Waals surface area contributed by atoms with E-state index in [1.54, 1.807) is 18.2 Å². The molecule has 0 spiro atoms. The molecule has 0 aromatic heterocycles. The van der Waals surface area contributed by atoms with Crippen LogP contribution in [0.2, 0.25) is 0 Å². The van der Waals surface area contributed by atoms with E-state index in [0.717, 1.165) is 6.07 Å².